The Bertz CT molecular complexity index is 1440. The first kappa shape index (κ1) is 24.3. The zero-order valence-electron chi connectivity index (χ0n) is 20.2. The van der Waals surface area contributed by atoms with Crippen molar-refractivity contribution in [1.82, 2.24) is 0 Å². The maximum Gasteiger partial charge on any atom is 0.306 e. The Kier molecular flexibility index (Phi) is 6.04. The first-order chi connectivity index (χ1) is 17.1. The summed E-state index contributed by atoms with van der Waals surface area (Å²) in [6.45, 7) is 4.18. The Morgan fingerprint density at radius 2 is 1.94 bits per heavy atom. The maximum absolute atomic E-state index is 12.9. The molecule has 36 heavy (non-hydrogen) atoms. The standard InChI is InChI=1S/C27H26ClNO7/c1-27(2)18-12-22(35-8-7-34-15-9-14(10-15)25(31)32)17(11-20(18)29(3)26(27)33)23-13-21(30)16-5-4-6-19(28)24(16)36-23/h4-6,11-15H,7-10H2,1-3H3,(H,31,32)/t14-,15+. The molecule has 0 bridgehead atoms. The fourth-order valence-electron chi connectivity index (χ4n) is 4.85. The van der Waals surface area contributed by atoms with Crippen molar-refractivity contribution in [3.8, 4) is 17.1 Å². The molecule has 188 valence electrons. The van der Waals surface area contributed by atoms with Crippen molar-refractivity contribution < 1.29 is 28.6 Å². The number of hydrogen-bond acceptors (Lipinski definition) is 6. The minimum absolute atomic E-state index is 0.0510. The smallest absolute Gasteiger partial charge is 0.306 e. The summed E-state index contributed by atoms with van der Waals surface area (Å²) in [7, 11) is 1.71. The number of carboxylic acid groups (broad SMARTS) is 1. The number of rotatable bonds is 7. The van der Waals surface area contributed by atoms with Crippen LogP contribution in [0.5, 0.6) is 5.75 Å². The Labute approximate surface area is 212 Å². The Morgan fingerprint density at radius 3 is 2.67 bits per heavy atom. The molecule has 1 fully saturated rings. The number of anilines is 1. The molecule has 0 unspecified atom stereocenters. The fraction of sp³-hybridized carbons (Fsp3) is 0.370. The number of para-hydroxylation sites is 1. The van der Waals surface area contributed by atoms with Gasteiger partial charge in [-0.15, -0.1) is 0 Å². The molecule has 2 heterocycles. The van der Waals surface area contributed by atoms with Crippen molar-refractivity contribution in [2.45, 2.75) is 38.2 Å². The van der Waals surface area contributed by atoms with Gasteiger partial charge in [-0.3, -0.25) is 14.4 Å². The number of nitrogens with zero attached hydrogens (tertiary/aromatic N) is 1. The van der Waals surface area contributed by atoms with Gasteiger partial charge in [-0.2, -0.15) is 0 Å². The van der Waals surface area contributed by atoms with Gasteiger partial charge >= 0.3 is 5.97 Å². The van der Waals surface area contributed by atoms with Crippen molar-refractivity contribution in [3.63, 3.8) is 0 Å². The SMILES string of the molecule is CN1C(=O)C(C)(C)c2cc(OCCO[C@H]3C[C@@H](C(=O)O)C3)c(-c3cc(=O)c4cccc(Cl)c4o3)cc21. The first-order valence-corrected chi connectivity index (χ1v) is 12.1. The lowest BCUT2D eigenvalue weighted by Crippen LogP contribution is -2.37. The highest BCUT2D eigenvalue weighted by atomic mass is 35.5. The maximum atomic E-state index is 12.9. The lowest BCUT2D eigenvalue weighted by atomic mass is 9.82. The van der Waals surface area contributed by atoms with Gasteiger partial charge in [0.15, 0.2) is 11.0 Å². The summed E-state index contributed by atoms with van der Waals surface area (Å²) in [6, 6.07) is 9.99. The third-order valence-corrected chi connectivity index (χ3v) is 7.38. The molecule has 1 saturated carbocycles. The summed E-state index contributed by atoms with van der Waals surface area (Å²) in [6.07, 6.45) is 0.885. The molecule has 2 aromatic carbocycles. The van der Waals surface area contributed by atoms with Crippen LogP contribution in [0.3, 0.4) is 0 Å². The normalized spacial score (nSPS) is 20.3. The first-order valence-electron chi connectivity index (χ1n) is 11.7. The van der Waals surface area contributed by atoms with Gasteiger partial charge in [0.2, 0.25) is 5.91 Å². The van der Waals surface area contributed by atoms with E-state index < -0.39 is 11.4 Å². The van der Waals surface area contributed by atoms with E-state index in [0.29, 0.717) is 40.3 Å². The minimum Gasteiger partial charge on any atom is -0.490 e. The molecule has 0 saturated heterocycles. The minimum atomic E-state index is -0.798. The molecule has 9 heteroatoms. The second-order valence-electron chi connectivity index (χ2n) is 9.79. The van der Waals surface area contributed by atoms with E-state index in [4.69, 9.17) is 30.6 Å². The van der Waals surface area contributed by atoms with E-state index in [-0.39, 0.29) is 47.9 Å². The molecule has 0 radical (unpaired) electrons. The number of amides is 1. The van der Waals surface area contributed by atoms with Crippen molar-refractivity contribution >= 4 is 40.1 Å². The second kappa shape index (κ2) is 8.94. The number of halogens is 1. The highest BCUT2D eigenvalue weighted by molar-refractivity contribution is 6.34. The Morgan fingerprint density at radius 1 is 1.19 bits per heavy atom. The highest BCUT2D eigenvalue weighted by Crippen LogP contribution is 2.46. The molecular weight excluding hydrogens is 486 g/mol. The number of carbonyl (C=O) groups excluding carboxylic acids is 1. The molecule has 1 aromatic heterocycles. The lowest BCUT2D eigenvalue weighted by Gasteiger charge is -2.32. The highest BCUT2D eigenvalue weighted by Gasteiger charge is 2.43. The van der Waals surface area contributed by atoms with Crippen molar-refractivity contribution in [2.75, 3.05) is 25.2 Å². The largest absolute Gasteiger partial charge is 0.490 e. The Balaban J connectivity index is 1.48. The van der Waals surface area contributed by atoms with Crippen molar-refractivity contribution in [3.05, 3.63) is 57.2 Å². The summed E-state index contributed by atoms with van der Waals surface area (Å²) in [4.78, 5) is 38.3. The van der Waals surface area contributed by atoms with Crippen LogP contribution < -0.4 is 15.1 Å². The molecular formula is C27H26ClNO7. The Hall–Kier alpha value is -3.36. The molecule has 1 aliphatic carbocycles. The predicted molar refractivity (Wildman–Crippen MR) is 135 cm³/mol. The average molecular weight is 512 g/mol. The van der Waals surface area contributed by atoms with Gasteiger partial charge in [0.1, 0.15) is 18.1 Å². The van der Waals surface area contributed by atoms with Crippen LogP contribution in [0.15, 0.2) is 45.6 Å². The van der Waals surface area contributed by atoms with Gasteiger partial charge in [0.05, 0.1) is 40.0 Å². The quantitative estimate of drug-likeness (QED) is 0.461. The van der Waals surface area contributed by atoms with E-state index in [1.54, 1.807) is 36.2 Å². The van der Waals surface area contributed by atoms with Gasteiger partial charge in [-0.1, -0.05) is 17.7 Å². The van der Waals surface area contributed by atoms with Gasteiger partial charge < -0.3 is 23.9 Å². The second-order valence-corrected chi connectivity index (χ2v) is 10.2. The topological polar surface area (TPSA) is 106 Å². The lowest BCUT2D eigenvalue weighted by molar-refractivity contribution is -0.151. The number of hydrogen-bond donors (Lipinski definition) is 1. The van der Waals surface area contributed by atoms with E-state index in [2.05, 4.69) is 0 Å². The van der Waals surface area contributed by atoms with Crippen LogP contribution in [0.25, 0.3) is 22.3 Å². The molecule has 5 rings (SSSR count). The number of ether oxygens (including phenoxy) is 2. The summed E-state index contributed by atoms with van der Waals surface area (Å²) in [5.74, 6) is -0.482. The predicted octanol–water partition coefficient (Wildman–Crippen LogP) is 4.63. The number of aliphatic carboxylic acids is 1. The number of carboxylic acids is 1. The number of fused-ring (bicyclic) bond motifs is 2. The molecule has 2 aliphatic rings. The number of carbonyl (C=O) groups is 2. The monoisotopic (exact) mass is 511 g/mol. The summed E-state index contributed by atoms with van der Waals surface area (Å²) in [5.41, 5.74) is 1.31. The zero-order chi connectivity index (χ0) is 25.8. The fourth-order valence-corrected chi connectivity index (χ4v) is 5.06. The van der Waals surface area contributed by atoms with E-state index >= 15 is 0 Å². The van der Waals surface area contributed by atoms with Gasteiger partial charge in [-0.05, 0) is 56.5 Å². The molecule has 0 atom stereocenters. The summed E-state index contributed by atoms with van der Waals surface area (Å²) in [5, 5.41) is 9.71. The molecule has 1 amide bonds. The van der Waals surface area contributed by atoms with Crippen LogP contribution in [-0.4, -0.2) is 43.3 Å². The van der Waals surface area contributed by atoms with Gasteiger partial charge in [-0.25, -0.2) is 0 Å². The van der Waals surface area contributed by atoms with Crippen LogP contribution in [-0.2, 0) is 19.7 Å². The van der Waals surface area contributed by atoms with E-state index in [1.807, 2.05) is 19.9 Å². The molecule has 8 nitrogen and oxygen atoms in total. The van der Waals surface area contributed by atoms with Crippen LogP contribution >= 0.6 is 11.6 Å². The third-order valence-electron chi connectivity index (χ3n) is 7.08. The van der Waals surface area contributed by atoms with Crippen LogP contribution in [0, 0.1) is 5.92 Å². The van der Waals surface area contributed by atoms with Gasteiger partial charge in [0, 0.05) is 18.8 Å². The van der Waals surface area contributed by atoms with E-state index in [1.165, 1.54) is 6.07 Å². The number of benzene rings is 2. The van der Waals surface area contributed by atoms with Crippen LogP contribution in [0.1, 0.15) is 32.3 Å². The van der Waals surface area contributed by atoms with Crippen LogP contribution in [0.4, 0.5) is 5.69 Å². The molecule has 0 spiro atoms. The average Bonchev–Trinajstić information content (AvgIpc) is 2.97. The zero-order valence-corrected chi connectivity index (χ0v) is 20.9. The molecule has 1 N–H and O–H groups in total. The van der Waals surface area contributed by atoms with Crippen molar-refractivity contribution in [1.29, 1.82) is 0 Å². The van der Waals surface area contributed by atoms with Gasteiger partial charge in [0.25, 0.3) is 0 Å². The number of likely N-dealkylation sites (N-methyl/N-ethyl adjacent to an activating group) is 1. The molecule has 1 aliphatic heterocycles. The third kappa shape index (κ3) is 4.04. The van der Waals surface area contributed by atoms with E-state index in [9.17, 15) is 14.4 Å². The van der Waals surface area contributed by atoms with Crippen LogP contribution in [0.2, 0.25) is 5.02 Å². The van der Waals surface area contributed by atoms with Crippen molar-refractivity contribution in [2.24, 2.45) is 5.92 Å². The summed E-state index contributed by atoms with van der Waals surface area (Å²) < 4.78 is 17.9. The molecule has 3 aromatic rings. The van der Waals surface area contributed by atoms with E-state index in [0.717, 1.165) is 5.56 Å². The summed E-state index contributed by atoms with van der Waals surface area (Å²) >= 11 is 6.31.